The number of nitrogens with one attached hydrogen (secondary N) is 1. The first-order valence-electron chi connectivity index (χ1n) is 6.65. The van der Waals surface area contributed by atoms with Crippen LogP contribution in [0.3, 0.4) is 0 Å². The van der Waals surface area contributed by atoms with E-state index in [1.165, 1.54) is 0 Å². The summed E-state index contributed by atoms with van der Waals surface area (Å²) in [7, 11) is 0. The normalized spacial score (nSPS) is 10.8. The molecule has 0 spiro atoms. The summed E-state index contributed by atoms with van der Waals surface area (Å²) in [5, 5.41) is 2.96. The number of unbranched alkanes of at least 4 members (excludes halogenated alkanes) is 1. The Balaban J connectivity index is 2.52. The van der Waals surface area contributed by atoms with E-state index in [9.17, 15) is 4.79 Å². The summed E-state index contributed by atoms with van der Waals surface area (Å²) in [6.07, 6.45) is 2.96. The minimum Gasteiger partial charge on any atom is -0.284 e. The average molecular weight is 244 g/mol. The van der Waals surface area contributed by atoms with Crippen molar-refractivity contribution in [2.45, 2.75) is 39.7 Å². The number of H-pyrrole nitrogens is 1. The molecular formula is C15H20N2O. The first-order valence-corrected chi connectivity index (χ1v) is 6.65. The summed E-state index contributed by atoms with van der Waals surface area (Å²) in [4.78, 5) is 12.0. The summed E-state index contributed by atoms with van der Waals surface area (Å²) in [6, 6.07) is 10.1. The highest BCUT2D eigenvalue weighted by Crippen LogP contribution is 2.22. The number of benzene rings is 1. The lowest BCUT2D eigenvalue weighted by atomic mass is 10.1. The van der Waals surface area contributed by atoms with Crippen molar-refractivity contribution in [1.29, 1.82) is 0 Å². The van der Waals surface area contributed by atoms with Gasteiger partial charge in [0.05, 0.1) is 5.69 Å². The van der Waals surface area contributed by atoms with Crippen molar-refractivity contribution >= 4 is 0 Å². The highest BCUT2D eigenvalue weighted by atomic mass is 16.1. The number of nitrogens with zero attached hydrogens (tertiary/aromatic N) is 1. The largest absolute Gasteiger partial charge is 0.284 e. The first kappa shape index (κ1) is 12.7. The maximum atomic E-state index is 12.0. The third-order valence-corrected chi connectivity index (χ3v) is 3.20. The summed E-state index contributed by atoms with van der Waals surface area (Å²) >= 11 is 0. The smallest absolute Gasteiger partial charge is 0.267 e. The Bertz CT molecular complexity index is 552. The molecule has 3 nitrogen and oxygen atoms in total. The van der Waals surface area contributed by atoms with Crippen LogP contribution in [0, 0.1) is 0 Å². The van der Waals surface area contributed by atoms with E-state index in [2.05, 4.69) is 24.2 Å². The Morgan fingerprint density at radius 3 is 2.50 bits per heavy atom. The fraction of sp³-hybridized carbons (Fsp3) is 0.400. The van der Waals surface area contributed by atoms with Gasteiger partial charge >= 0.3 is 0 Å². The predicted molar refractivity (Wildman–Crippen MR) is 74.8 cm³/mol. The second-order valence-electron chi connectivity index (χ2n) is 4.49. The van der Waals surface area contributed by atoms with Crippen molar-refractivity contribution in [1.82, 2.24) is 9.78 Å². The zero-order valence-electron chi connectivity index (χ0n) is 11.1. The molecule has 0 aliphatic rings. The Labute approximate surface area is 107 Å². The number of aromatic nitrogens is 2. The van der Waals surface area contributed by atoms with Crippen LogP contribution in [-0.4, -0.2) is 9.78 Å². The topological polar surface area (TPSA) is 37.8 Å². The molecule has 2 rings (SSSR count). The highest BCUT2D eigenvalue weighted by molar-refractivity contribution is 5.63. The van der Waals surface area contributed by atoms with E-state index in [0.717, 1.165) is 42.6 Å². The van der Waals surface area contributed by atoms with Gasteiger partial charge in [0.1, 0.15) is 0 Å². The fourth-order valence-electron chi connectivity index (χ4n) is 2.25. The lowest BCUT2D eigenvalue weighted by Crippen LogP contribution is -2.07. The van der Waals surface area contributed by atoms with Crippen LogP contribution in [0.2, 0.25) is 0 Å². The zero-order valence-corrected chi connectivity index (χ0v) is 11.1. The van der Waals surface area contributed by atoms with Crippen molar-refractivity contribution in [3.8, 4) is 11.3 Å². The third-order valence-electron chi connectivity index (χ3n) is 3.20. The fourth-order valence-corrected chi connectivity index (χ4v) is 2.25. The van der Waals surface area contributed by atoms with Crippen molar-refractivity contribution in [3.05, 3.63) is 46.2 Å². The molecule has 0 fully saturated rings. The van der Waals surface area contributed by atoms with Crippen molar-refractivity contribution in [3.63, 3.8) is 0 Å². The second kappa shape index (κ2) is 5.71. The molecule has 1 aromatic heterocycles. The van der Waals surface area contributed by atoms with E-state index >= 15 is 0 Å². The maximum absolute atomic E-state index is 12.0. The van der Waals surface area contributed by atoms with E-state index in [1.54, 1.807) is 0 Å². The van der Waals surface area contributed by atoms with Gasteiger partial charge < -0.3 is 0 Å². The predicted octanol–water partition coefficient (Wildman–Crippen LogP) is 3.21. The SMILES string of the molecule is CCCCn1[nH]c(=O)c(CC)c1-c1ccccc1. The molecule has 2 aromatic rings. The summed E-state index contributed by atoms with van der Waals surface area (Å²) < 4.78 is 2.00. The monoisotopic (exact) mass is 244 g/mol. The van der Waals surface area contributed by atoms with Gasteiger partial charge in [0.25, 0.3) is 5.56 Å². The van der Waals surface area contributed by atoms with E-state index < -0.39 is 0 Å². The summed E-state index contributed by atoms with van der Waals surface area (Å²) in [6.45, 7) is 5.06. The number of aryl methyl sites for hydroxylation is 1. The van der Waals surface area contributed by atoms with Gasteiger partial charge in [-0.05, 0) is 12.8 Å². The van der Waals surface area contributed by atoms with Gasteiger partial charge in [-0.1, -0.05) is 50.6 Å². The van der Waals surface area contributed by atoms with E-state index in [1.807, 2.05) is 29.8 Å². The molecule has 0 amide bonds. The van der Waals surface area contributed by atoms with Gasteiger partial charge in [-0.3, -0.25) is 14.6 Å². The molecule has 0 unspecified atom stereocenters. The van der Waals surface area contributed by atoms with Crippen LogP contribution in [0.15, 0.2) is 35.1 Å². The van der Waals surface area contributed by atoms with Crippen LogP contribution in [-0.2, 0) is 13.0 Å². The Kier molecular flexibility index (Phi) is 4.03. The minimum atomic E-state index is 0.0486. The Morgan fingerprint density at radius 2 is 1.89 bits per heavy atom. The lowest BCUT2D eigenvalue weighted by Gasteiger charge is -2.09. The van der Waals surface area contributed by atoms with Gasteiger partial charge in [-0.15, -0.1) is 0 Å². The molecule has 0 aliphatic carbocycles. The van der Waals surface area contributed by atoms with Gasteiger partial charge in [0.2, 0.25) is 0 Å². The quantitative estimate of drug-likeness (QED) is 0.861. The van der Waals surface area contributed by atoms with E-state index in [4.69, 9.17) is 0 Å². The van der Waals surface area contributed by atoms with Crippen LogP contribution >= 0.6 is 0 Å². The summed E-state index contributed by atoms with van der Waals surface area (Å²) in [5.74, 6) is 0. The van der Waals surface area contributed by atoms with Gasteiger partial charge in [-0.25, -0.2) is 0 Å². The lowest BCUT2D eigenvalue weighted by molar-refractivity contribution is 0.573. The maximum Gasteiger partial charge on any atom is 0.267 e. The molecule has 1 heterocycles. The van der Waals surface area contributed by atoms with Gasteiger partial charge in [0, 0.05) is 17.7 Å². The molecule has 3 heteroatoms. The molecule has 0 saturated heterocycles. The van der Waals surface area contributed by atoms with Gasteiger partial charge in [0.15, 0.2) is 0 Å². The third kappa shape index (κ3) is 2.40. The van der Waals surface area contributed by atoms with Crippen LogP contribution in [0.25, 0.3) is 11.3 Å². The van der Waals surface area contributed by atoms with E-state index in [0.29, 0.717) is 0 Å². The van der Waals surface area contributed by atoms with Crippen molar-refractivity contribution in [2.24, 2.45) is 0 Å². The Hall–Kier alpha value is -1.77. The van der Waals surface area contributed by atoms with Gasteiger partial charge in [-0.2, -0.15) is 0 Å². The van der Waals surface area contributed by atoms with E-state index in [-0.39, 0.29) is 5.56 Å². The molecule has 96 valence electrons. The number of rotatable bonds is 5. The van der Waals surface area contributed by atoms with Crippen molar-refractivity contribution < 1.29 is 0 Å². The molecule has 0 atom stereocenters. The second-order valence-corrected chi connectivity index (χ2v) is 4.49. The van der Waals surface area contributed by atoms with Crippen LogP contribution < -0.4 is 5.56 Å². The minimum absolute atomic E-state index is 0.0486. The molecule has 0 radical (unpaired) electrons. The molecule has 0 bridgehead atoms. The van der Waals surface area contributed by atoms with Crippen LogP contribution in [0.4, 0.5) is 0 Å². The average Bonchev–Trinajstić information content (AvgIpc) is 2.73. The number of aromatic amines is 1. The Morgan fingerprint density at radius 1 is 1.17 bits per heavy atom. The number of hydrogen-bond acceptors (Lipinski definition) is 1. The molecule has 0 saturated carbocycles. The molecule has 1 N–H and O–H groups in total. The standard InChI is InChI=1S/C15H20N2O/c1-3-5-11-17-14(12-9-7-6-8-10-12)13(4-2)15(18)16-17/h6-10H,3-5,11H2,1-2H3,(H,16,18). The highest BCUT2D eigenvalue weighted by Gasteiger charge is 2.14. The first-order chi connectivity index (χ1) is 8.77. The molecular weight excluding hydrogens is 224 g/mol. The van der Waals surface area contributed by atoms with Crippen LogP contribution in [0.5, 0.6) is 0 Å². The number of hydrogen-bond donors (Lipinski definition) is 1. The van der Waals surface area contributed by atoms with Crippen LogP contribution in [0.1, 0.15) is 32.3 Å². The van der Waals surface area contributed by atoms with Crippen molar-refractivity contribution in [2.75, 3.05) is 0 Å². The zero-order chi connectivity index (χ0) is 13.0. The molecule has 1 aromatic carbocycles. The summed E-state index contributed by atoms with van der Waals surface area (Å²) in [5.41, 5.74) is 3.10. The molecule has 0 aliphatic heterocycles. The molecule has 18 heavy (non-hydrogen) atoms.